The third kappa shape index (κ3) is 3.05. The molecule has 0 saturated carbocycles. The van der Waals surface area contributed by atoms with Gasteiger partial charge in [-0.25, -0.2) is 0 Å². The van der Waals surface area contributed by atoms with Gasteiger partial charge in [0.2, 0.25) is 0 Å². The second-order valence-corrected chi connectivity index (χ2v) is 3.25. The molecule has 0 bridgehead atoms. The van der Waals surface area contributed by atoms with E-state index in [0.29, 0.717) is 6.54 Å². The highest BCUT2D eigenvalue weighted by atomic mass is 14.5. The molecular formula is C13H18N2. The van der Waals surface area contributed by atoms with E-state index in [1.807, 2.05) is 25.1 Å². The second-order valence-electron chi connectivity index (χ2n) is 3.25. The summed E-state index contributed by atoms with van der Waals surface area (Å²) in [6.45, 7) is 3.27. The Morgan fingerprint density at radius 2 is 1.53 bits per heavy atom. The molecule has 0 saturated heterocycles. The van der Waals surface area contributed by atoms with Crippen LogP contribution in [0.1, 0.15) is 12.5 Å². The van der Waals surface area contributed by atoms with E-state index in [9.17, 15) is 0 Å². The van der Waals surface area contributed by atoms with Crippen LogP contribution in [0.25, 0.3) is 10.8 Å². The highest BCUT2D eigenvalue weighted by molar-refractivity contribution is 5.85. The fourth-order valence-electron chi connectivity index (χ4n) is 1.47. The maximum Gasteiger partial charge on any atom is 0.0184 e. The first kappa shape index (κ1) is 11.7. The molecule has 0 unspecified atom stereocenters. The molecule has 0 fully saturated rings. The summed E-state index contributed by atoms with van der Waals surface area (Å²) in [5, 5.41) is 2.53. The van der Waals surface area contributed by atoms with Crippen LogP contribution in [-0.4, -0.2) is 6.54 Å². The summed E-state index contributed by atoms with van der Waals surface area (Å²) in [6.07, 6.45) is 0. The topological polar surface area (TPSA) is 52.0 Å². The van der Waals surface area contributed by atoms with E-state index in [0.717, 1.165) is 6.54 Å². The molecule has 0 spiro atoms. The SMILES string of the molecule is CCN.NCc1cccc2ccccc12. The van der Waals surface area contributed by atoms with Gasteiger partial charge in [-0.15, -0.1) is 0 Å². The molecule has 2 rings (SSSR count). The van der Waals surface area contributed by atoms with Crippen molar-refractivity contribution in [1.82, 2.24) is 0 Å². The van der Waals surface area contributed by atoms with Gasteiger partial charge in [-0.05, 0) is 22.9 Å². The third-order valence-electron chi connectivity index (χ3n) is 2.10. The lowest BCUT2D eigenvalue weighted by Gasteiger charge is -2.02. The first-order valence-electron chi connectivity index (χ1n) is 5.20. The molecule has 2 aromatic carbocycles. The van der Waals surface area contributed by atoms with E-state index in [-0.39, 0.29) is 0 Å². The summed E-state index contributed by atoms with van der Waals surface area (Å²) in [5.74, 6) is 0. The summed E-state index contributed by atoms with van der Waals surface area (Å²) in [5.41, 5.74) is 11.7. The minimum Gasteiger partial charge on any atom is -0.331 e. The molecule has 2 heteroatoms. The number of rotatable bonds is 1. The van der Waals surface area contributed by atoms with Crippen LogP contribution in [0.5, 0.6) is 0 Å². The van der Waals surface area contributed by atoms with Crippen LogP contribution in [0.4, 0.5) is 0 Å². The van der Waals surface area contributed by atoms with E-state index in [1.54, 1.807) is 0 Å². The van der Waals surface area contributed by atoms with Crippen LogP contribution < -0.4 is 11.5 Å². The Hall–Kier alpha value is -1.38. The van der Waals surface area contributed by atoms with Crippen molar-refractivity contribution in [1.29, 1.82) is 0 Å². The molecule has 0 heterocycles. The fourth-order valence-corrected chi connectivity index (χ4v) is 1.47. The van der Waals surface area contributed by atoms with Crippen molar-refractivity contribution in [2.45, 2.75) is 13.5 Å². The lowest BCUT2D eigenvalue weighted by Crippen LogP contribution is -1.96. The van der Waals surface area contributed by atoms with E-state index in [2.05, 4.69) is 24.3 Å². The number of fused-ring (bicyclic) bond motifs is 1. The van der Waals surface area contributed by atoms with Gasteiger partial charge >= 0.3 is 0 Å². The van der Waals surface area contributed by atoms with E-state index < -0.39 is 0 Å². The average Bonchev–Trinajstić information content (AvgIpc) is 2.29. The van der Waals surface area contributed by atoms with Gasteiger partial charge in [0.1, 0.15) is 0 Å². The molecule has 0 atom stereocenters. The predicted molar refractivity (Wildman–Crippen MR) is 66.6 cm³/mol. The van der Waals surface area contributed by atoms with Gasteiger partial charge in [0.15, 0.2) is 0 Å². The van der Waals surface area contributed by atoms with Crippen molar-refractivity contribution in [2.24, 2.45) is 11.5 Å². The zero-order valence-corrected chi connectivity index (χ0v) is 9.11. The number of hydrogen-bond acceptors (Lipinski definition) is 2. The zero-order chi connectivity index (χ0) is 11.1. The Morgan fingerprint density at radius 1 is 0.933 bits per heavy atom. The molecule has 0 aliphatic heterocycles. The molecule has 0 aromatic heterocycles. The van der Waals surface area contributed by atoms with Crippen LogP contribution in [0.2, 0.25) is 0 Å². The largest absolute Gasteiger partial charge is 0.331 e. The minimum absolute atomic E-state index is 0.612. The highest BCUT2D eigenvalue weighted by Gasteiger charge is 1.95. The van der Waals surface area contributed by atoms with Gasteiger partial charge in [-0.2, -0.15) is 0 Å². The van der Waals surface area contributed by atoms with Crippen molar-refractivity contribution < 1.29 is 0 Å². The first-order chi connectivity index (χ1) is 7.33. The fraction of sp³-hybridized carbons (Fsp3) is 0.231. The smallest absolute Gasteiger partial charge is 0.0184 e. The maximum atomic E-state index is 5.62. The van der Waals surface area contributed by atoms with E-state index >= 15 is 0 Å². The number of nitrogens with two attached hydrogens (primary N) is 2. The Balaban J connectivity index is 0.000000337. The molecular weight excluding hydrogens is 184 g/mol. The minimum atomic E-state index is 0.612. The Morgan fingerprint density at radius 3 is 2.20 bits per heavy atom. The summed E-state index contributed by atoms with van der Waals surface area (Å²) in [4.78, 5) is 0. The summed E-state index contributed by atoms with van der Waals surface area (Å²) < 4.78 is 0. The Kier molecular flexibility index (Phi) is 4.81. The van der Waals surface area contributed by atoms with Crippen molar-refractivity contribution in [3.8, 4) is 0 Å². The lowest BCUT2D eigenvalue weighted by molar-refractivity contribution is 1.09. The molecule has 15 heavy (non-hydrogen) atoms. The van der Waals surface area contributed by atoms with E-state index in [1.165, 1.54) is 16.3 Å². The van der Waals surface area contributed by atoms with Gasteiger partial charge in [0, 0.05) is 6.54 Å². The van der Waals surface area contributed by atoms with E-state index in [4.69, 9.17) is 11.5 Å². The predicted octanol–water partition coefficient (Wildman–Crippen LogP) is 2.26. The number of hydrogen-bond donors (Lipinski definition) is 2. The van der Waals surface area contributed by atoms with Crippen molar-refractivity contribution in [2.75, 3.05) is 6.54 Å². The van der Waals surface area contributed by atoms with Crippen LogP contribution in [0.3, 0.4) is 0 Å². The maximum absolute atomic E-state index is 5.62. The average molecular weight is 202 g/mol. The highest BCUT2D eigenvalue weighted by Crippen LogP contribution is 2.17. The number of benzene rings is 2. The standard InChI is InChI=1S/C11H11N.C2H7N/c12-8-10-6-3-5-9-4-1-2-7-11(9)10;1-2-3/h1-7H,8,12H2;2-3H2,1H3. The van der Waals surface area contributed by atoms with Crippen LogP contribution in [-0.2, 0) is 6.54 Å². The monoisotopic (exact) mass is 202 g/mol. The quantitative estimate of drug-likeness (QED) is 0.745. The van der Waals surface area contributed by atoms with Crippen molar-refractivity contribution in [3.05, 3.63) is 48.0 Å². The lowest BCUT2D eigenvalue weighted by atomic mass is 10.1. The Bertz CT molecular complexity index is 405. The van der Waals surface area contributed by atoms with Gasteiger partial charge in [0.25, 0.3) is 0 Å². The van der Waals surface area contributed by atoms with Crippen molar-refractivity contribution >= 4 is 10.8 Å². The molecule has 0 amide bonds. The summed E-state index contributed by atoms with van der Waals surface area (Å²) in [6, 6.07) is 14.5. The normalized spacial score (nSPS) is 9.53. The van der Waals surface area contributed by atoms with Gasteiger partial charge in [-0.3, -0.25) is 0 Å². The van der Waals surface area contributed by atoms with Crippen LogP contribution >= 0.6 is 0 Å². The summed E-state index contributed by atoms with van der Waals surface area (Å²) >= 11 is 0. The molecule has 0 aliphatic carbocycles. The van der Waals surface area contributed by atoms with Gasteiger partial charge in [-0.1, -0.05) is 49.4 Å². The van der Waals surface area contributed by atoms with Gasteiger partial charge < -0.3 is 11.5 Å². The van der Waals surface area contributed by atoms with Crippen LogP contribution in [0, 0.1) is 0 Å². The van der Waals surface area contributed by atoms with Gasteiger partial charge in [0.05, 0.1) is 0 Å². The molecule has 0 aliphatic rings. The van der Waals surface area contributed by atoms with Crippen molar-refractivity contribution in [3.63, 3.8) is 0 Å². The third-order valence-corrected chi connectivity index (χ3v) is 2.10. The molecule has 80 valence electrons. The Labute approximate surface area is 90.9 Å². The zero-order valence-electron chi connectivity index (χ0n) is 9.11. The second kappa shape index (κ2) is 6.17. The van der Waals surface area contributed by atoms with Crippen LogP contribution in [0.15, 0.2) is 42.5 Å². The molecule has 2 aromatic rings. The molecule has 4 N–H and O–H groups in total. The molecule has 2 nitrogen and oxygen atoms in total. The first-order valence-corrected chi connectivity index (χ1v) is 5.20. The summed E-state index contributed by atoms with van der Waals surface area (Å²) in [7, 11) is 0. The molecule has 0 radical (unpaired) electrons.